The average molecular weight is 314 g/mol. The van der Waals surface area contributed by atoms with E-state index in [4.69, 9.17) is 0 Å². The van der Waals surface area contributed by atoms with Crippen molar-refractivity contribution in [1.82, 2.24) is 10.9 Å². The lowest BCUT2D eigenvalue weighted by atomic mass is 9.93. The molecular formula is C20H30N2O. The molecule has 1 saturated heterocycles. The Morgan fingerprint density at radius 2 is 1.65 bits per heavy atom. The molecule has 3 heteroatoms. The van der Waals surface area contributed by atoms with Gasteiger partial charge in [0.2, 0.25) is 0 Å². The molecule has 1 aliphatic heterocycles. The molecule has 1 amide bonds. The normalized spacial score (nSPS) is 18.4. The van der Waals surface area contributed by atoms with Gasteiger partial charge >= 0.3 is 0 Å². The van der Waals surface area contributed by atoms with Crippen molar-refractivity contribution in [1.29, 1.82) is 0 Å². The molecule has 1 aromatic carbocycles. The van der Waals surface area contributed by atoms with Crippen LogP contribution in [0.4, 0.5) is 0 Å². The highest BCUT2D eigenvalue weighted by Gasteiger charge is 2.34. The van der Waals surface area contributed by atoms with Crippen molar-refractivity contribution < 1.29 is 4.79 Å². The van der Waals surface area contributed by atoms with Crippen LogP contribution in [0.2, 0.25) is 0 Å². The minimum absolute atomic E-state index is 0.0360. The summed E-state index contributed by atoms with van der Waals surface area (Å²) in [6.45, 7) is 6.26. The second-order valence-electron chi connectivity index (χ2n) is 7.02. The second kappa shape index (κ2) is 8.30. The number of hydrogen-bond acceptors (Lipinski definition) is 2. The van der Waals surface area contributed by atoms with Crippen LogP contribution < -0.4 is 10.9 Å². The maximum atomic E-state index is 11.9. The molecule has 3 nitrogen and oxygen atoms in total. The molecule has 1 fully saturated rings. The molecule has 0 unspecified atom stereocenters. The topological polar surface area (TPSA) is 41.1 Å². The van der Waals surface area contributed by atoms with E-state index in [9.17, 15) is 4.79 Å². The Labute approximate surface area is 140 Å². The number of carbonyl (C=O) groups is 1. The predicted octanol–water partition coefficient (Wildman–Crippen LogP) is 4.39. The van der Waals surface area contributed by atoms with Gasteiger partial charge in [0.05, 0.1) is 5.54 Å². The van der Waals surface area contributed by atoms with Gasteiger partial charge in [-0.3, -0.25) is 10.2 Å². The van der Waals surface area contributed by atoms with Gasteiger partial charge in [-0.15, -0.1) is 0 Å². The number of aryl methyl sites for hydroxylation is 1. The first-order valence-electron chi connectivity index (χ1n) is 8.91. The minimum atomic E-state index is -0.325. The summed E-state index contributed by atoms with van der Waals surface area (Å²) < 4.78 is 0. The van der Waals surface area contributed by atoms with Crippen molar-refractivity contribution in [2.45, 2.75) is 71.3 Å². The summed E-state index contributed by atoms with van der Waals surface area (Å²) in [6.07, 6.45) is 11.1. The molecule has 2 rings (SSSR count). The summed E-state index contributed by atoms with van der Waals surface area (Å²) in [5, 5.41) is 0. The van der Waals surface area contributed by atoms with Gasteiger partial charge in [-0.25, -0.2) is 5.43 Å². The van der Waals surface area contributed by atoms with E-state index in [-0.39, 0.29) is 11.4 Å². The van der Waals surface area contributed by atoms with Gasteiger partial charge in [0, 0.05) is 5.57 Å². The van der Waals surface area contributed by atoms with E-state index < -0.39 is 0 Å². The lowest BCUT2D eigenvalue weighted by Crippen LogP contribution is -2.38. The van der Waals surface area contributed by atoms with Crippen molar-refractivity contribution in [3.8, 4) is 0 Å². The molecule has 0 radical (unpaired) electrons. The monoisotopic (exact) mass is 314 g/mol. The summed E-state index contributed by atoms with van der Waals surface area (Å²) in [7, 11) is 0. The smallest absolute Gasteiger partial charge is 0.263 e. The van der Waals surface area contributed by atoms with E-state index in [0.29, 0.717) is 0 Å². The van der Waals surface area contributed by atoms with E-state index in [0.717, 1.165) is 17.6 Å². The van der Waals surface area contributed by atoms with Crippen LogP contribution in [0.5, 0.6) is 0 Å². The van der Waals surface area contributed by atoms with Crippen LogP contribution in [0.1, 0.15) is 70.4 Å². The van der Waals surface area contributed by atoms with Crippen LogP contribution in [0.25, 0.3) is 6.08 Å². The van der Waals surface area contributed by atoms with Crippen molar-refractivity contribution in [2.24, 2.45) is 0 Å². The number of unbranched alkanes of at least 4 members (excludes halogenated alkanes) is 5. The molecule has 0 bridgehead atoms. The SMILES string of the molecule is CCCCCCCCc1ccc(/C=C2\C(=O)NNC2(C)C)cc1. The molecule has 0 aromatic heterocycles. The third-order valence-corrected chi connectivity index (χ3v) is 4.52. The van der Waals surface area contributed by atoms with Gasteiger partial charge in [0.1, 0.15) is 0 Å². The first-order chi connectivity index (χ1) is 11.0. The van der Waals surface area contributed by atoms with Crippen LogP contribution in [0.3, 0.4) is 0 Å². The first-order valence-corrected chi connectivity index (χ1v) is 8.91. The quantitative estimate of drug-likeness (QED) is 0.552. The van der Waals surface area contributed by atoms with Gasteiger partial charge in [-0.2, -0.15) is 0 Å². The van der Waals surface area contributed by atoms with Crippen LogP contribution >= 0.6 is 0 Å². The molecule has 126 valence electrons. The van der Waals surface area contributed by atoms with Gasteiger partial charge in [-0.05, 0) is 43.9 Å². The molecule has 23 heavy (non-hydrogen) atoms. The van der Waals surface area contributed by atoms with Crippen LogP contribution in [-0.2, 0) is 11.2 Å². The molecule has 0 spiro atoms. The maximum absolute atomic E-state index is 11.9. The minimum Gasteiger partial charge on any atom is -0.287 e. The Morgan fingerprint density at radius 3 is 2.26 bits per heavy atom. The Balaban J connectivity index is 1.86. The molecule has 1 aromatic rings. The van der Waals surface area contributed by atoms with Gasteiger partial charge < -0.3 is 0 Å². The van der Waals surface area contributed by atoms with Crippen LogP contribution in [0.15, 0.2) is 29.8 Å². The molecule has 2 N–H and O–H groups in total. The zero-order valence-electron chi connectivity index (χ0n) is 14.7. The standard InChI is InChI=1S/C20H30N2O/c1-4-5-6-7-8-9-10-16-11-13-17(14-12-16)15-18-19(23)21-22-20(18,2)3/h11-15,22H,4-10H2,1-3H3,(H,21,23)/b18-15+. The highest BCUT2D eigenvalue weighted by Crippen LogP contribution is 2.23. The van der Waals surface area contributed by atoms with Crippen LogP contribution in [0, 0.1) is 0 Å². The zero-order valence-corrected chi connectivity index (χ0v) is 14.7. The number of hydrogen-bond donors (Lipinski definition) is 2. The summed E-state index contributed by atoms with van der Waals surface area (Å²) in [5.74, 6) is -0.0360. The number of amides is 1. The lowest BCUT2D eigenvalue weighted by molar-refractivity contribution is -0.116. The lowest BCUT2D eigenvalue weighted by Gasteiger charge is -2.16. The van der Waals surface area contributed by atoms with Crippen LogP contribution in [-0.4, -0.2) is 11.4 Å². The fraction of sp³-hybridized carbons (Fsp3) is 0.550. The van der Waals surface area contributed by atoms with Crippen molar-refractivity contribution in [3.63, 3.8) is 0 Å². The van der Waals surface area contributed by atoms with Gasteiger partial charge in [0.15, 0.2) is 0 Å². The third-order valence-electron chi connectivity index (χ3n) is 4.52. The number of nitrogens with one attached hydrogen (secondary N) is 2. The summed E-state index contributed by atoms with van der Waals surface area (Å²) >= 11 is 0. The Morgan fingerprint density at radius 1 is 1.00 bits per heavy atom. The Bertz CT molecular complexity index is 543. The number of rotatable bonds is 8. The first kappa shape index (κ1) is 17.7. The largest absolute Gasteiger partial charge is 0.287 e. The molecule has 0 saturated carbocycles. The Hall–Kier alpha value is -1.61. The van der Waals surface area contributed by atoms with Crippen molar-refractivity contribution in [2.75, 3.05) is 0 Å². The average Bonchev–Trinajstić information content (AvgIpc) is 2.79. The maximum Gasteiger partial charge on any atom is 0.263 e. The third kappa shape index (κ3) is 5.21. The zero-order chi connectivity index (χ0) is 16.7. The molecular weight excluding hydrogens is 284 g/mol. The van der Waals surface area contributed by atoms with Gasteiger partial charge in [-0.1, -0.05) is 63.3 Å². The van der Waals surface area contributed by atoms with Gasteiger partial charge in [0.25, 0.3) is 5.91 Å². The number of hydrazine groups is 1. The fourth-order valence-corrected chi connectivity index (χ4v) is 2.93. The van der Waals surface area contributed by atoms with Crippen molar-refractivity contribution >= 4 is 12.0 Å². The van der Waals surface area contributed by atoms with E-state index in [1.807, 2.05) is 19.9 Å². The molecule has 1 heterocycles. The fourth-order valence-electron chi connectivity index (χ4n) is 2.93. The summed E-state index contributed by atoms with van der Waals surface area (Å²) in [5.41, 5.74) is 8.61. The van der Waals surface area contributed by atoms with E-state index in [1.165, 1.54) is 44.1 Å². The van der Waals surface area contributed by atoms with Crippen molar-refractivity contribution in [3.05, 3.63) is 41.0 Å². The number of benzene rings is 1. The van der Waals surface area contributed by atoms with E-state index in [2.05, 4.69) is 42.0 Å². The van der Waals surface area contributed by atoms with E-state index in [1.54, 1.807) is 0 Å². The second-order valence-corrected chi connectivity index (χ2v) is 7.02. The summed E-state index contributed by atoms with van der Waals surface area (Å²) in [4.78, 5) is 11.9. The summed E-state index contributed by atoms with van der Waals surface area (Å²) in [6, 6.07) is 8.60. The molecule has 0 aliphatic carbocycles. The number of carbonyl (C=O) groups excluding carboxylic acids is 1. The predicted molar refractivity (Wildman–Crippen MR) is 96.9 cm³/mol. The van der Waals surface area contributed by atoms with E-state index >= 15 is 0 Å². The Kier molecular flexibility index (Phi) is 6.40. The highest BCUT2D eigenvalue weighted by molar-refractivity contribution is 6.01. The molecule has 1 aliphatic rings. The highest BCUT2D eigenvalue weighted by atomic mass is 16.2. The molecule has 0 atom stereocenters.